The van der Waals surface area contributed by atoms with E-state index in [1.54, 1.807) is 0 Å². The minimum absolute atomic E-state index is 0.0210. The van der Waals surface area contributed by atoms with Crippen LogP contribution in [0.3, 0.4) is 0 Å². The molecular weight excluding hydrogens is 348 g/mol. The van der Waals surface area contributed by atoms with Crippen molar-refractivity contribution in [3.8, 4) is 0 Å². The molecular formula is C16H24N2O4S2. The number of benzene rings is 1. The number of sulfonamides is 2. The Hall–Kier alpha value is -0.960. The summed E-state index contributed by atoms with van der Waals surface area (Å²) < 4.78 is 54.0. The fourth-order valence-electron chi connectivity index (χ4n) is 2.99. The van der Waals surface area contributed by atoms with Crippen molar-refractivity contribution in [3.63, 3.8) is 0 Å². The molecule has 2 aliphatic rings. The van der Waals surface area contributed by atoms with Gasteiger partial charge in [-0.15, -0.1) is 0 Å². The molecule has 0 spiro atoms. The summed E-state index contributed by atoms with van der Waals surface area (Å²) >= 11 is 0. The quantitative estimate of drug-likeness (QED) is 0.827. The Morgan fingerprint density at radius 2 is 1.62 bits per heavy atom. The Morgan fingerprint density at radius 1 is 1.00 bits per heavy atom. The standard InChI is InChI=1S/C16H24N2O4S2/c1-13-4-2-3-11-18(13)24(21,22)16-9-7-15(8-10-16)23(19,20)17-12-14-5-6-14/h7-10,13-14,17H,2-6,11-12H2,1H3. The van der Waals surface area contributed by atoms with E-state index < -0.39 is 20.0 Å². The van der Waals surface area contributed by atoms with Crippen molar-refractivity contribution in [1.29, 1.82) is 0 Å². The third-order valence-electron chi connectivity index (χ3n) is 4.74. The molecule has 1 saturated heterocycles. The second-order valence-corrected chi connectivity index (χ2v) is 10.4. The first-order valence-corrected chi connectivity index (χ1v) is 11.3. The van der Waals surface area contributed by atoms with Crippen molar-refractivity contribution in [2.75, 3.05) is 13.1 Å². The van der Waals surface area contributed by atoms with Gasteiger partial charge in [-0.2, -0.15) is 4.31 Å². The lowest BCUT2D eigenvalue weighted by atomic mass is 10.1. The fourth-order valence-corrected chi connectivity index (χ4v) is 5.80. The van der Waals surface area contributed by atoms with Gasteiger partial charge in [0.05, 0.1) is 9.79 Å². The van der Waals surface area contributed by atoms with E-state index in [1.165, 1.54) is 28.6 Å². The Morgan fingerprint density at radius 3 is 2.21 bits per heavy atom. The van der Waals surface area contributed by atoms with Gasteiger partial charge in [0.2, 0.25) is 20.0 Å². The van der Waals surface area contributed by atoms with E-state index in [2.05, 4.69) is 4.72 Å². The van der Waals surface area contributed by atoms with Crippen molar-refractivity contribution in [1.82, 2.24) is 9.03 Å². The van der Waals surface area contributed by atoms with Gasteiger partial charge in [-0.1, -0.05) is 6.42 Å². The fraction of sp³-hybridized carbons (Fsp3) is 0.625. The summed E-state index contributed by atoms with van der Waals surface area (Å²) in [6.45, 7) is 2.89. The highest BCUT2D eigenvalue weighted by Gasteiger charge is 2.31. The molecule has 0 aromatic heterocycles. The number of rotatable bonds is 6. The maximum Gasteiger partial charge on any atom is 0.243 e. The van der Waals surface area contributed by atoms with Crippen LogP contribution in [0.1, 0.15) is 39.0 Å². The topological polar surface area (TPSA) is 83.6 Å². The van der Waals surface area contributed by atoms with Crippen molar-refractivity contribution >= 4 is 20.0 Å². The van der Waals surface area contributed by atoms with Gasteiger partial charge in [-0.25, -0.2) is 21.6 Å². The zero-order valence-corrected chi connectivity index (χ0v) is 15.4. The van der Waals surface area contributed by atoms with E-state index in [4.69, 9.17) is 0 Å². The number of hydrogen-bond donors (Lipinski definition) is 1. The SMILES string of the molecule is CC1CCCCN1S(=O)(=O)c1ccc(S(=O)(=O)NCC2CC2)cc1. The number of hydrogen-bond acceptors (Lipinski definition) is 4. The van der Waals surface area contributed by atoms with Crippen LogP contribution >= 0.6 is 0 Å². The van der Waals surface area contributed by atoms with E-state index in [1.807, 2.05) is 6.92 Å². The van der Waals surface area contributed by atoms with Crippen LogP contribution in [0.5, 0.6) is 0 Å². The van der Waals surface area contributed by atoms with Gasteiger partial charge >= 0.3 is 0 Å². The van der Waals surface area contributed by atoms with Gasteiger partial charge in [0.25, 0.3) is 0 Å². The highest BCUT2D eigenvalue weighted by molar-refractivity contribution is 7.89. The summed E-state index contributed by atoms with van der Waals surface area (Å²) in [4.78, 5) is 0.256. The molecule has 1 saturated carbocycles. The zero-order chi connectivity index (χ0) is 17.4. The van der Waals surface area contributed by atoms with E-state index in [9.17, 15) is 16.8 Å². The molecule has 1 atom stereocenters. The molecule has 1 heterocycles. The van der Waals surface area contributed by atoms with Crippen molar-refractivity contribution in [2.24, 2.45) is 5.92 Å². The van der Waals surface area contributed by atoms with Gasteiger partial charge in [0.1, 0.15) is 0 Å². The van der Waals surface area contributed by atoms with Gasteiger partial charge in [-0.3, -0.25) is 0 Å². The van der Waals surface area contributed by atoms with Crippen LogP contribution in [-0.2, 0) is 20.0 Å². The number of nitrogens with one attached hydrogen (secondary N) is 1. The molecule has 1 aromatic carbocycles. The Bertz CT molecular complexity index is 784. The molecule has 6 nitrogen and oxygen atoms in total. The van der Waals surface area contributed by atoms with Crippen LogP contribution in [0.15, 0.2) is 34.1 Å². The summed E-state index contributed by atoms with van der Waals surface area (Å²) in [6, 6.07) is 5.50. The predicted molar refractivity (Wildman–Crippen MR) is 91.6 cm³/mol. The molecule has 1 aromatic rings. The van der Waals surface area contributed by atoms with E-state index in [-0.39, 0.29) is 15.8 Å². The second kappa shape index (κ2) is 6.74. The Balaban J connectivity index is 1.78. The lowest BCUT2D eigenvalue weighted by Gasteiger charge is -2.32. The van der Waals surface area contributed by atoms with Crippen LogP contribution in [0.2, 0.25) is 0 Å². The van der Waals surface area contributed by atoms with E-state index >= 15 is 0 Å². The van der Waals surface area contributed by atoms with Crippen LogP contribution in [0.25, 0.3) is 0 Å². The molecule has 24 heavy (non-hydrogen) atoms. The molecule has 1 aliphatic heterocycles. The first-order valence-electron chi connectivity index (χ1n) is 8.42. The lowest BCUT2D eigenvalue weighted by Crippen LogP contribution is -2.41. The molecule has 1 aliphatic carbocycles. The highest BCUT2D eigenvalue weighted by Crippen LogP contribution is 2.28. The largest absolute Gasteiger partial charge is 0.243 e. The normalized spacial score (nSPS) is 23.3. The second-order valence-electron chi connectivity index (χ2n) is 6.73. The zero-order valence-electron chi connectivity index (χ0n) is 13.8. The summed E-state index contributed by atoms with van der Waals surface area (Å²) in [7, 11) is -7.14. The summed E-state index contributed by atoms with van der Waals surface area (Å²) in [6.07, 6.45) is 4.89. The van der Waals surface area contributed by atoms with E-state index in [0.29, 0.717) is 19.0 Å². The third-order valence-corrected chi connectivity index (χ3v) is 8.21. The highest BCUT2D eigenvalue weighted by atomic mass is 32.2. The first-order chi connectivity index (χ1) is 11.3. The summed E-state index contributed by atoms with van der Waals surface area (Å²) in [5, 5.41) is 0. The Labute approximate surface area is 144 Å². The third kappa shape index (κ3) is 3.82. The van der Waals surface area contributed by atoms with Crippen LogP contribution in [-0.4, -0.2) is 40.3 Å². The van der Waals surface area contributed by atoms with Crippen molar-refractivity contribution in [2.45, 2.75) is 54.9 Å². The monoisotopic (exact) mass is 372 g/mol. The van der Waals surface area contributed by atoms with E-state index in [0.717, 1.165) is 32.1 Å². The molecule has 8 heteroatoms. The first kappa shape index (κ1) is 17.8. The van der Waals surface area contributed by atoms with Crippen molar-refractivity contribution in [3.05, 3.63) is 24.3 Å². The molecule has 2 fully saturated rings. The molecule has 1 unspecified atom stereocenters. The molecule has 0 radical (unpaired) electrons. The molecule has 134 valence electrons. The maximum absolute atomic E-state index is 12.7. The van der Waals surface area contributed by atoms with Gasteiger partial charge in [0, 0.05) is 19.1 Å². The van der Waals surface area contributed by atoms with Gasteiger partial charge in [-0.05, 0) is 62.8 Å². The minimum atomic E-state index is -3.57. The molecule has 3 rings (SSSR count). The van der Waals surface area contributed by atoms with Crippen LogP contribution < -0.4 is 4.72 Å². The van der Waals surface area contributed by atoms with Crippen molar-refractivity contribution < 1.29 is 16.8 Å². The average Bonchev–Trinajstić information content (AvgIpc) is 3.38. The van der Waals surface area contributed by atoms with Crippen LogP contribution in [0.4, 0.5) is 0 Å². The minimum Gasteiger partial charge on any atom is -0.211 e. The van der Waals surface area contributed by atoms with Crippen LogP contribution in [0, 0.1) is 5.92 Å². The number of nitrogens with zero attached hydrogens (tertiary/aromatic N) is 1. The smallest absolute Gasteiger partial charge is 0.211 e. The lowest BCUT2D eigenvalue weighted by molar-refractivity contribution is 0.268. The maximum atomic E-state index is 12.7. The van der Waals surface area contributed by atoms with Gasteiger partial charge in [0.15, 0.2) is 0 Å². The Kier molecular flexibility index (Phi) is 5.01. The molecule has 0 bridgehead atoms. The molecule has 0 amide bonds. The summed E-state index contributed by atoms with van der Waals surface area (Å²) in [5.74, 6) is 0.444. The summed E-state index contributed by atoms with van der Waals surface area (Å²) in [5.41, 5.74) is 0. The number of piperidine rings is 1. The predicted octanol–water partition coefficient (Wildman–Crippen LogP) is 1.94. The average molecular weight is 373 g/mol. The van der Waals surface area contributed by atoms with Gasteiger partial charge < -0.3 is 0 Å². The molecule has 1 N–H and O–H groups in total.